The van der Waals surface area contributed by atoms with E-state index in [2.05, 4.69) is 65.5 Å². The number of non-ortho nitro benzene ring substituents is 1. The third kappa shape index (κ3) is 9.26. The number of rotatable bonds is 14. The normalized spacial score (nSPS) is 11.5. The number of anilines is 4. The third-order valence-electron chi connectivity index (χ3n) is 5.26. The Bertz CT molecular complexity index is 1190. The minimum absolute atomic E-state index is 0.0121. The van der Waals surface area contributed by atoms with Gasteiger partial charge in [-0.2, -0.15) is 20.1 Å². The molecule has 37 heavy (non-hydrogen) atoms. The molecule has 3 rings (SSSR count). The van der Waals surface area contributed by atoms with Crippen molar-refractivity contribution in [3.8, 4) is 0 Å². The van der Waals surface area contributed by atoms with Crippen LogP contribution in [0.2, 0.25) is 0 Å². The van der Waals surface area contributed by atoms with Gasteiger partial charge < -0.3 is 10.2 Å². The van der Waals surface area contributed by atoms with Crippen LogP contribution in [0.25, 0.3) is 6.08 Å². The van der Waals surface area contributed by atoms with Gasteiger partial charge in [0.15, 0.2) is 0 Å². The highest BCUT2D eigenvalue weighted by Crippen LogP contribution is 2.21. The van der Waals surface area contributed by atoms with Gasteiger partial charge in [0.2, 0.25) is 17.8 Å². The number of aromatic nitrogens is 3. The number of hydrogen-bond donors (Lipinski definition) is 2. The number of benzene rings is 2. The Hall–Kier alpha value is -3.86. The predicted octanol–water partition coefficient (Wildman–Crippen LogP) is 6.76. The van der Waals surface area contributed by atoms with E-state index in [0.29, 0.717) is 17.6 Å². The van der Waals surface area contributed by atoms with Crippen LogP contribution in [0.5, 0.6) is 0 Å². The molecule has 0 amide bonds. The lowest BCUT2D eigenvalue weighted by Gasteiger charge is -2.23. The molecule has 11 heteroatoms. The Morgan fingerprint density at radius 2 is 1.65 bits per heavy atom. The van der Waals surface area contributed by atoms with Crippen molar-refractivity contribution in [2.75, 3.05) is 28.7 Å². The molecule has 0 unspecified atom stereocenters. The number of unbranched alkanes of at least 4 members (excludes halogenated alkanes) is 2. The molecule has 10 nitrogen and oxygen atoms in total. The van der Waals surface area contributed by atoms with Gasteiger partial charge in [-0.3, -0.25) is 10.1 Å². The van der Waals surface area contributed by atoms with Crippen molar-refractivity contribution in [2.24, 2.45) is 5.10 Å². The van der Waals surface area contributed by atoms with Crippen LogP contribution >= 0.6 is 15.9 Å². The van der Waals surface area contributed by atoms with Crippen LogP contribution in [0.15, 0.2) is 64.2 Å². The summed E-state index contributed by atoms with van der Waals surface area (Å²) in [5.41, 5.74) is 4.58. The number of nitro benzene ring substituents is 1. The van der Waals surface area contributed by atoms with Crippen LogP contribution in [0.3, 0.4) is 0 Å². The maximum atomic E-state index is 11.0. The van der Waals surface area contributed by atoms with E-state index in [4.69, 9.17) is 0 Å². The first-order valence-electron chi connectivity index (χ1n) is 12.2. The predicted molar refractivity (Wildman–Crippen MR) is 154 cm³/mol. The van der Waals surface area contributed by atoms with Crippen LogP contribution in [-0.4, -0.2) is 39.2 Å². The SMILES string of the molecule is CCCCN(CCCC)c1nc(NN=CC(Br)=Cc2ccccc2)nc(Nc2ccc([N+](=O)[O-])cc2)n1. The fourth-order valence-corrected chi connectivity index (χ4v) is 3.68. The monoisotopic (exact) mass is 566 g/mol. The van der Waals surface area contributed by atoms with Gasteiger partial charge in [0.1, 0.15) is 0 Å². The number of halogens is 1. The molecule has 2 aromatic carbocycles. The van der Waals surface area contributed by atoms with Gasteiger partial charge in [0.25, 0.3) is 5.69 Å². The second-order valence-corrected chi connectivity index (χ2v) is 9.13. The number of allylic oxidation sites excluding steroid dienone is 1. The van der Waals surface area contributed by atoms with Gasteiger partial charge in [-0.05, 0) is 52.5 Å². The molecule has 0 aliphatic carbocycles. The molecule has 3 aromatic rings. The average molecular weight is 567 g/mol. The number of nitrogens with one attached hydrogen (secondary N) is 2. The Balaban J connectivity index is 1.85. The fraction of sp³-hybridized carbons (Fsp3) is 0.308. The maximum Gasteiger partial charge on any atom is 0.269 e. The van der Waals surface area contributed by atoms with Crippen molar-refractivity contribution in [1.29, 1.82) is 0 Å². The number of nitro groups is 1. The standard InChI is InChI=1S/C26H31BrN8O2/c1-3-5-16-34(17-6-4-2)26-31-24(29-22-12-14-23(15-13-22)35(36)37)30-25(32-26)33-28-19-21(27)18-20-10-8-7-9-11-20/h7-15,18-19H,3-6,16-17H2,1-2H3,(H2,29,30,31,32,33). The summed E-state index contributed by atoms with van der Waals surface area (Å²) in [6, 6.07) is 16.0. The van der Waals surface area contributed by atoms with Crippen LogP contribution in [0, 0.1) is 10.1 Å². The topological polar surface area (TPSA) is 121 Å². The molecule has 0 fully saturated rings. The minimum Gasteiger partial charge on any atom is -0.341 e. The lowest BCUT2D eigenvalue weighted by atomic mass is 10.2. The molecule has 1 aromatic heterocycles. The molecule has 194 valence electrons. The van der Waals surface area contributed by atoms with Crippen molar-refractivity contribution in [3.63, 3.8) is 0 Å². The van der Waals surface area contributed by atoms with E-state index in [0.717, 1.165) is 48.8 Å². The largest absolute Gasteiger partial charge is 0.341 e. The summed E-state index contributed by atoms with van der Waals surface area (Å²) in [7, 11) is 0. The molecule has 0 bridgehead atoms. The van der Waals surface area contributed by atoms with Crippen molar-refractivity contribution in [2.45, 2.75) is 39.5 Å². The molecule has 0 spiro atoms. The summed E-state index contributed by atoms with van der Waals surface area (Å²) >= 11 is 3.51. The van der Waals surface area contributed by atoms with E-state index in [1.54, 1.807) is 18.3 Å². The molecule has 2 N–H and O–H groups in total. The van der Waals surface area contributed by atoms with Crippen LogP contribution in [0.1, 0.15) is 45.1 Å². The van der Waals surface area contributed by atoms with E-state index >= 15 is 0 Å². The highest BCUT2D eigenvalue weighted by Gasteiger charge is 2.14. The van der Waals surface area contributed by atoms with Gasteiger partial charge in [0.05, 0.1) is 11.1 Å². The number of hydrogen-bond acceptors (Lipinski definition) is 9. The Kier molecular flexibility index (Phi) is 11.0. The zero-order valence-corrected chi connectivity index (χ0v) is 22.6. The molecular formula is C26H31BrN8O2. The van der Waals surface area contributed by atoms with Gasteiger partial charge in [-0.15, -0.1) is 0 Å². The fourth-order valence-electron chi connectivity index (χ4n) is 3.31. The van der Waals surface area contributed by atoms with E-state index in [1.807, 2.05) is 36.4 Å². The lowest BCUT2D eigenvalue weighted by molar-refractivity contribution is -0.384. The third-order valence-corrected chi connectivity index (χ3v) is 5.69. The molecule has 1 heterocycles. The summed E-state index contributed by atoms with van der Waals surface area (Å²) in [6.45, 7) is 5.95. The highest BCUT2D eigenvalue weighted by atomic mass is 79.9. The Morgan fingerprint density at radius 3 is 2.27 bits per heavy atom. The quantitative estimate of drug-likeness (QED) is 0.124. The van der Waals surface area contributed by atoms with E-state index in [9.17, 15) is 10.1 Å². The van der Waals surface area contributed by atoms with Crippen molar-refractivity contribution in [1.82, 2.24) is 15.0 Å². The van der Waals surface area contributed by atoms with E-state index in [-0.39, 0.29) is 11.6 Å². The summed E-state index contributed by atoms with van der Waals surface area (Å²) in [6.07, 6.45) is 7.71. The summed E-state index contributed by atoms with van der Waals surface area (Å²) in [5, 5.41) is 18.4. The van der Waals surface area contributed by atoms with Crippen LogP contribution in [0.4, 0.5) is 29.2 Å². The molecule has 0 radical (unpaired) electrons. The first-order valence-corrected chi connectivity index (χ1v) is 13.0. The highest BCUT2D eigenvalue weighted by molar-refractivity contribution is 9.12. The van der Waals surface area contributed by atoms with Gasteiger partial charge >= 0.3 is 0 Å². The first-order chi connectivity index (χ1) is 18.0. The summed E-state index contributed by atoms with van der Waals surface area (Å²) in [5.74, 6) is 1.13. The molecule has 0 saturated carbocycles. The molecule has 0 aliphatic heterocycles. The van der Waals surface area contributed by atoms with Gasteiger partial charge in [-0.1, -0.05) is 57.0 Å². The number of hydrazone groups is 1. The summed E-state index contributed by atoms with van der Waals surface area (Å²) in [4.78, 5) is 26.4. The first kappa shape index (κ1) is 27.7. The summed E-state index contributed by atoms with van der Waals surface area (Å²) < 4.78 is 0.775. The van der Waals surface area contributed by atoms with Crippen LogP contribution < -0.4 is 15.6 Å². The average Bonchev–Trinajstić information content (AvgIpc) is 2.89. The van der Waals surface area contributed by atoms with Crippen LogP contribution in [-0.2, 0) is 0 Å². The van der Waals surface area contributed by atoms with Crippen molar-refractivity contribution < 1.29 is 4.92 Å². The Labute approximate surface area is 225 Å². The zero-order chi connectivity index (χ0) is 26.5. The second kappa shape index (κ2) is 14.6. The molecule has 0 atom stereocenters. The zero-order valence-electron chi connectivity index (χ0n) is 21.0. The smallest absolute Gasteiger partial charge is 0.269 e. The molecule has 0 aliphatic rings. The van der Waals surface area contributed by atoms with Gasteiger partial charge in [0, 0.05) is 35.4 Å². The minimum atomic E-state index is -0.436. The van der Waals surface area contributed by atoms with Crippen molar-refractivity contribution in [3.05, 3.63) is 74.8 Å². The maximum absolute atomic E-state index is 11.0. The van der Waals surface area contributed by atoms with E-state index < -0.39 is 4.92 Å². The molecule has 0 saturated heterocycles. The van der Waals surface area contributed by atoms with Gasteiger partial charge in [-0.25, -0.2) is 5.43 Å². The lowest BCUT2D eigenvalue weighted by Crippen LogP contribution is -2.28. The second-order valence-electron chi connectivity index (χ2n) is 8.22. The number of nitrogens with zero attached hydrogens (tertiary/aromatic N) is 6. The Morgan fingerprint density at radius 1 is 1.00 bits per heavy atom. The van der Waals surface area contributed by atoms with Crippen molar-refractivity contribution >= 4 is 57.4 Å². The van der Waals surface area contributed by atoms with E-state index in [1.165, 1.54) is 12.1 Å². The molecular weight excluding hydrogens is 536 g/mol.